The van der Waals surface area contributed by atoms with E-state index < -0.39 is 219 Å². The zero-order valence-electron chi connectivity index (χ0n) is 50.6. The predicted molar refractivity (Wildman–Crippen MR) is 317 cm³/mol. The average molecular weight is 1360 g/mol. The standard InChI is InChI=1S/C63H72O33/c1-24-41(71)44(74)49(79)59(86-24)88-32-19-33(68)40-34(20-32)89-55(28-9-15-31(67)16-10-28)58(43(40)73)96-63-53(83)48(78)57(37(92-63)23-85-39(70)18-8-27-5-13-30(66)14-6-27)95-62-52(82)47(77)56(36(91-62)22-84-38(69)17-7-26-3-11-29(65)12-4-26)94-60-51(81)46(76)54(25(2)87-60)93-61-50(80)45(75)42(72)35(21-64)90-61/h3-20,24-25,35-37,41-42,44-54,56-57,59-68,71-72,74-83H,21-23H2,1-2H3/b17-7-,18-8-/t24-,25-,35+,36+,37+,41-,42+,44+,45-,46-,47+,48+,49+,50+,51+,52+,53+,54-,56+,57+,59+,60+,61+,62+,63+/m0/s1. The lowest BCUT2D eigenvalue weighted by Crippen LogP contribution is -2.67. The highest BCUT2D eigenvalue weighted by Gasteiger charge is 2.56. The molecule has 0 bridgehead atoms. The molecule has 17 N–H and O–H groups in total. The molecule has 33 heteroatoms. The first-order valence-electron chi connectivity index (χ1n) is 30.0. The Bertz CT molecular complexity index is 3570. The molecule has 0 spiro atoms. The number of hydrogen-bond acceptors (Lipinski definition) is 33. The van der Waals surface area contributed by atoms with Crippen molar-refractivity contribution in [2.45, 2.75) is 167 Å². The summed E-state index contributed by atoms with van der Waals surface area (Å²) >= 11 is 0. The van der Waals surface area contributed by atoms with Gasteiger partial charge in [-0.1, -0.05) is 24.3 Å². The van der Waals surface area contributed by atoms with E-state index in [0.29, 0.717) is 11.1 Å². The zero-order chi connectivity index (χ0) is 69.1. The molecule has 5 fully saturated rings. The van der Waals surface area contributed by atoms with E-state index in [-0.39, 0.29) is 28.6 Å². The highest BCUT2D eigenvalue weighted by atomic mass is 16.8. The van der Waals surface area contributed by atoms with E-state index in [0.717, 1.165) is 24.3 Å². The normalized spacial score (nSPS) is 35.8. The highest BCUT2D eigenvalue weighted by Crippen LogP contribution is 2.41. The number of aromatic hydroxyl groups is 4. The van der Waals surface area contributed by atoms with Crippen LogP contribution in [0.3, 0.4) is 0 Å². The largest absolute Gasteiger partial charge is 0.508 e. The van der Waals surface area contributed by atoms with Gasteiger partial charge in [0.15, 0.2) is 24.6 Å². The Balaban J connectivity index is 0.935. The molecule has 0 radical (unpaired) electrons. The van der Waals surface area contributed by atoms with Gasteiger partial charge in [0.2, 0.25) is 23.8 Å². The number of benzene rings is 4. The minimum absolute atomic E-state index is 0.000645. The molecule has 0 unspecified atom stereocenters. The van der Waals surface area contributed by atoms with E-state index in [1.807, 2.05) is 0 Å². The van der Waals surface area contributed by atoms with Gasteiger partial charge < -0.3 is 148 Å². The van der Waals surface area contributed by atoms with Crippen LogP contribution in [-0.2, 0) is 57.0 Å². The fourth-order valence-corrected chi connectivity index (χ4v) is 11.1. The van der Waals surface area contributed by atoms with Crippen LogP contribution in [0.15, 0.2) is 106 Å². The van der Waals surface area contributed by atoms with E-state index in [4.69, 9.17) is 61.3 Å². The summed E-state index contributed by atoms with van der Waals surface area (Å²) in [5, 5.41) is 184. The van der Waals surface area contributed by atoms with Gasteiger partial charge >= 0.3 is 11.9 Å². The van der Waals surface area contributed by atoms with Gasteiger partial charge in [-0.25, -0.2) is 9.59 Å². The van der Waals surface area contributed by atoms with Crippen LogP contribution in [0.2, 0.25) is 0 Å². The van der Waals surface area contributed by atoms with Gasteiger partial charge in [0.1, 0.15) is 163 Å². The van der Waals surface area contributed by atoms with Crippen LogP contribution in [0.1, 0.15) is 25.0 Å². The van der Waals surface area contributed by atoms with Crippen LogP contribution in [0.25, 0.3) is 34.4 Å². The Morgan fingerprint density at radius 2 is 0.875 bits per heavy atom. The quantitative estimate of drug-likeness (QED) is 0.0268. The third-order valence-electron chi connectivity index (χ3n) is 16.5. The van der Waals surface area contributed by atoms with Crippen LogP contribution in [-0.4, -0.2) is 272 Å². The van der Waals surface area contributed by atoms with Gasteiger partial charge in [-0.05, 0) is 85.7 Å². The molecule has 96 heavy (non-hydrogen) atoms. The number of carbonyl (C=O) groups excluding carboxylic acids is 2. The maximum atomic E-state index is 14.8. The van der Waals surface area contributed by atoms with E-state index in [9.17, 15) is 101 Å². The van der Waals surface area contributed by atoms with Gasteiger partial charge in [0, 0.05) is 29.8 Å². The Kier molecular flexibility index (Phi) is 22.6. The molecule has 4 aromatic carbocycles. The lowest BCUT2D eigenvalue weighted by atomic mass is 9.95. The van der Waals surface area contributed by atoms with Gasteiger partial charge in [0.25, 0.3) is 0 Å². The molecule has 5 saturated heterocycles. The fraction of sp³-hybridized carbons (Fsp3) is 0.476. The van der Waals surface area contributed by atoms with Crippen molar-refractivity contribution < 1.29 is 158 Å². The molecule has 10 rings (SSSR count). The van der Waals surface area contributed by atoms with Crippen LogP contribution < -0.4 is 14.9 Å². The molecule has 0 saturated carbocycles. The summed E-state index contributed by atoms with van der Waals surface area (Å²) in [6, 6.07) is 18.2. The summed E-state index contributed by atoms with van der Waals surface area (Å²) in [7, 11) is 0. The molecular formula is C63H72O33. The van der Waals surface area contributed by atoms with Crippen molar-refractivity contribution in [1.82, 2.24) is 0 Å². The molecule has 0 aliphatic carbocycles. The van der Waals surface area contributed by atoms with E-state index in [2.05, 4.69) is 0 Å². The van der Waals surface area contributed by atoms with Gasteiger partial charge in [-0.15, -0.1) is 0 Å². The van der Waals surface area contributed by atoms with Crippen molar-refractivity contribution in [3.05, 3.63) is 118 Å². The Hall–Kier alpha value is -7.53. The van der Waals surface area contributed by atoms with Crippen molar-refractivity contribution in [1.29, 1.82) is 0 Å². The average Bonchev–Trinajstić information content (AvgIpc) is 0.760. The number of fused-ring (bicyclic) bond motifs is 1. The first-order chi connectivity index (χ1) is 45.7. The molecular weight excluding hydrogens is 1280 g/mol. The third kappa shape index (κ3) is 15.7. The summed E-state index contributed by atoms with van der Waals surface area (Å²) in [4.78, 5) is 41.4. The lowest BCUT2D eigenvalue weighted by molar-refractivity contribution is -0.384. The number of aliphatic hydroxyl groups excluding tert-OH is 13. The zero-order valence-corrected chi connectivity index (χ0v) is 50.6. The minimum Gasteiger partial charge on any atom is -0.508 e. The van der Waals surface area contributed by atoms with Crippen LogP contribution in [0, 0.1) is 0 Å². The predicted octanol–water partition coefficient (Wildman–Crippen LogP) is -3.30. The van der Waals surface area contributed by atoms with Gasteiger partial charge in [-0.3, -0.25) is 4.79 Å². The number of esters is 2. The first-order valence-corrected chi connectivity index (χ1v) is 30.0. The number of aliphatic hydroxyl groups is 13. The number of carbonyl (C=O) groups is 2. The molecule has 5 aliphatic rings. The Morgan fingerprint density at radius 3 is 1.41 bits per heavy atom. The molecule has 25 atom stereocenters. The van der Waals surface area contributed by atoms with Crippen molar-refractivity contribution >= 4 is 35.1 Å². The smallest absolute Gasteiger partial charge is 0.330 e. The SMILES string of the molecule is C[C@@H]1O[C@H](Oc2cc(O)c3c(=O)c(O[C@H]4O[C@H](COC(=O)/C=C\c5ccc(O)cc5)[C@@H](O[C@H]5O[C@H](COC(=O)/C=C\c6ccc(O)cc6)[C@@H](O[C@H]6O[C@@H](C)[C@H](O[C@H]7O[C@H](CO)[C@@H](O)[C@H](O)[C@H]7O)[C@@H](O)[C@H]6O)[C@H](O)[C@H]5O)[C@H](O)[C@H]4O)c(-c4ccc(O)cc4)oc3c2)[C@H](O)[C@H](O)[C@H]1O. The first kappa shape index (κ1) is 71.2. The second-order valence-corrected chi connectivity index (χ2v) is 23.2. The maximum Gasteiger partial charge on any atom is 0.330 e. The topological polar surface area (TPSA) is 519 Å². The lowest BCUT2D eigenvalue weighted by Gasteiger charge is -2.49. The molecule has 522 valence electrons. The Labute approximate surface area is 542 Å². The van der Waals surface area contributed by atoms with Gasteiger partial charge in [-0.2, -0.15) is 0 Å². The third-order valence-corrected chi connectivity index (χ3v) is 16.5. The minimum atomic E-state index is -2.34. The summed E-state index contributed by atoms with van der Waals surface area (Å²) in [5.74, 6) is -4.92. The van der Waals surface area contributed by atoms with Gasteiger partial charge in [0.05, 0.1) is 18.8 Å². The number of ether oxygens (including phenoxy) is 12. The molecule has 1 aromatic heterocycles. The molecule has 0 amide bonds. The number of phenols is 4. The Morgan fingerprint density at radius 1 is 0.458 bits per heavy atom. The molecule has 6 heterocycles. The summed E-state index contributed by atoms with van der Waals surface area (Å²) in [6.07, 6.45) is -42.3. The number of phenolic OH excluding ortho intramolecular Hbond substituents is 4. The van der Waals surface area contributed by atoms with Crippen LogP contribution in [0.4, 0.5) is 0 Å². The van der Waals surface area contributed by atoms with Crippen LogP contribution in [0.5, 0.6) is 34.5 Å². The van der Waals surface area contributed by atoms with E-state index in [1.165, 1.54) is 98.8 Å². The highest BCUT2D eigenvalue weighted by molar-refractivity contribution is 5.89. The van der Waals surface area contributed by atoms with E-state index >= 15 is 0 Å². The van der Waals surface area contributed by atoms with Crippen molar-refractivity contribution in [2.75, 3.05) is 19.8 Å². The van der Waals surface area contributed by atoms with Crippen molar-refractivity contribution in [2.24, 2.45) is 0 Å². The van der Waals surface area contributed by atoms with Crippen molar-refractivity contribution in [3.63, 3.8) is 0 Å². The van der Waals surface area contributed by atoms with E-state index in [1.54, 1.807) is 0 Å². The number of hydrogen-bond donors (Lipinski definition) is 17. The van der Waals surface area contributed by atoms with Crippen molar-refractivity contribution in [3.8, 4) is 45.8 Å². The summed E-state index contributed by atoms with van der Waals surface area (Å²) in [5.41, 5.74) is -0.720. The molecule has 33 nitrogen and oxygen atoms in total. The monoisotopic (exact) mass is 1360 g/mol. The van der Waals surface area contributed by atoms with Crippen LogP contribution >= 0.6 is 0 Å². The second kappa shape index (κ2) is 30.5. The molecule has 5 aromatic rings. The fourth-order valence-electron chi connectivity index (χ4n) is 11.1. The summed E-state index contributed by atoms with van der Waals surface area (Å²) in [6.45, 7) is 0.0312. The second-order valence-electron chi connectivity index (χ2n) is 23.2. The number of rotatable bonds is 20. The molecule has 5 aliphatic heterocycles. The summed E-state index contributed by atoms with van der Waals surface area (Å²) < 4.78 is 75.9. The maximum absolute atomic E-state index is 14.8.